The Morgan fingerprint density at radius 2 is 1.71 bits per heavy atom. The summed E-state index contributed by atoms with van der Waals surface area (Å²) in [6, 6.07) is 13.2. The van der Waals surface area contributed by atoms with Gasteiger partial charge in [-0.25, -0.2) is 8.78 Å². The van der Waals surface area contributed by atoms with E-state index in [4.69, 9.17) is 0 Å². The molecule has 0 unspecified atom stereocenters. The number of halogens is 2. The predicted molar refractivity (Wildman–Crippen MR) is 94.4 cm³/mol. The van der Waals surface area contributed by atoms with Crippen LogP contribution in [0.5, 0.6) is 0 Å². The van der Waals surface area contributed by atoms with Gasteiger partial charge in [0.25, 0.3) is 12.3 Å². The van der Waals surface area contributed by atoms with Crippen LogP contribution >= 0.6 is 0 Å². The Kier molecular flexibility index (Phi) is 6.24. The molecule has 0 saturated heterocycles. The molecule has 1 N–H and O–H groups in total. The Labute approximate surface area is 141 Å². The van der Waals surface area contributed by atoms with Crippen LogP contribution in [0.3, 0.4) is 0 Å². The van der Waals surface area contributed by atoms with Crippen molar-refractivity contribution in [3.63, 3.8) is 0 Å². The third-order valence-electron chi connectivity index (χ3n) is 3.78. The van der Waals surface area contributed by atoms with Crippen molar-refractivity contribution in [2.75, 3.05) is 5.32 Å². The molecule has 0 heterocycles. The first kappa shape index (κ1) is 17.9. The van der Waals surface area contributed by atoms with E-state index in [9.17, 15) is 13.6 Å². The van der Waals surface area contributed by atoms with Crippen LogP contribution in [0.1, 0.15) is 54.6 Å². The van der Waals surface area contributed by atoms with Gasteiger partial charge in [0.1, 0.15) is 0 Å². The van der Waals surface area contributed by atoms with Gasteiger partial charge in [0.05, 0.1) is 0 Å². The number of allylic oxidation sites excluding steroid dienone is 2. The van der Waals surface area contributed by atoms with E-state index in [-0.39, 0.29) is 11.1 Å². The van der Waals surface area contributed by atoms with Crippen LogP contribution in [-0.2, 0) is 0 Å². The van der Waals surface area contributed by atoms with E-state index in [1.54, 1.807) is 12.1 Å². The second-order valence-electron chi connectivity index (χ2n) is 5.56. The highest BCUT2D eigenvalue weighted by Gasteiger charge is 2.18. The summed E-state index contributed by atoms with van der Waals surface area (Å²) in [6.45, 7) is 4.08. The first-order valence-electron chi connectivity index (χ1n) is 7.99. The molecule has 0 atom stereocenters. The van der Waals surface area contributed by atoms with Crippen LogP contribution < -0.4 is 5.32 Å². The quantitative estimate of drug-likeness (QED) is 0.683. The number of carbonyl (C=O) groups is 1. The first-order valence-corrected chi connectivity index (χ1v) is 7.99. The van der Waals surface area contributed by atoms with Gasteiger partial charge in [-0.05, 0) is 31.1 Å². The minimum Gasteiger partial charge on any atom is -0.321 e. The summed E-state index contributed by atoms with van der Waals surface area (Å²) >= 11 is 0. The molecular weight excluding hydrogens is 308 g/mol. The van der Waals surface area contributed by atoms with Crippen LogP contribution in [-0.4, -0.2) is 5.91 Å². The number of nitrogens with one attached hydrogen (secondary N) is 1. The van der Waals surface area contributed by atoms with Crippen molar-refractivity contribution >= 4 is 17.2 Å². The fourth-order valence-electron chi connectivity index (χ4n) is 2.49. The third-order valence-corrected chi connectivity index (χ3v) is 3.78. The summed E-state index contributed by atoms with van der Waals surface area (Å²) < 4.78 is 26.2. The molecule has 24 heavy (non-hydrogen) atoms. The van der Waals surface area contributed by atoms with Crippen LogP contribution in [0, 0.1) is 0 Å². The SMILES string of the molecule is CCC/C=C(/C)c1ccccc1NC(=O)c1ccccc1C(F)F. The van der Waals surface area contributed by atoms with Crippen molar-refractivity contribution in [3.05, 3.63) is 71.3 Å². The topological polar surface area (TPSA) is 29.1 Å². The molecule has 2 rings (SSSR count). The molecule has 0 spiro atoms. The number of alkyl halides is 2. The van der Waals surface area contributed by atoms with Gasteiger partial charge in [0.15, 0.2) is 0 Å². The smallest absolute Gasteiger partial charge is 0.264 e. The van der Waals surface area contributed by atoms with Gasteiger partial charge >= 0.3 is 0 Å². The van der Waals surface area contributed by atoms with Crippen molar-refractivity contribution in [3.8, 4) is 0 Å². The normalized spacial score (nSPS) is 11.6. The molecule has 2 aromatic rings. The number of carbonyl (C=O) groups excluding carboxylic acids is 1. The summed E-state index contributed by atoms with van der Waals surface area (Å²) in [4.78, 5) is 12.5. The van der Waals surface area contributed by atoms with Crippen molar-refractivity contribution in [1.82, 2.24) is 0 Å². The van der Waals surface area contributed by atoms with Gasteiger partial charge in [0.2, 0.25) is 0 Å². The maximum absolute atomic E-state index is 13.1. The molecule has 0 saturated carbocycles. The second kappa shape index (κ2) is 8.39. The van der Waals surface area contributed by atoms with E-state index in [1.165, 1.54) is 18.2 Å². The summed E-state index contributed by atoms with van der Waals surface area (Å²) in [7, 11) is 0. The molecule has 0 aliphatic heterocycles. The van der Waals surface area contributed by atoms with Crippen molar-refractivity contribution in [1.29, 1.82) is 0 Å². The standard InChI is InChI=1S/C20H21F2NO/c1-3-4-9-14(2)15-10-7-8-13-18(15)23-20(24)17-12-6-5-11-16(17)19(21)22/h5-13,19H,3-4H2,1-2H3,(H,23,24)/b14-9-. The van der Waals surface area contributed by atoms with Gasteiger partial charge in [0, 0.05) is 22.4 Å². The summed E-state index contributed by atoms with van der Waals surface area (Å²) in [6.07, 6.45) is 1.40. The monoisotopic (exact) mass is 329 g/mol. The molecule has 4 heteroatoms. The lowest BCUT2D eigenvalue weighted by molar-refractivity contribution is 0.101. The van der Waals surface area contributed by atoms with Crippen molar-refractivity contribution in [2.45, 2.75) is 33.1 Å². The zero-order chi connectivity index (χ0) is 17.5. The number of para-hydroxylation sites is 1. The van der Waals surface area contributed by atoms with Gasteiger partial charge in [-0.15, -0.1) is 0 Å². The maximum Gasteiger partial charge on any atom is 0.264 e. The molecule has 0 aromatic heterocycles. The number of amides is 1. The zero-order valence-electron chi connectivity index (χ0n) is 13.9. The Morgan fingerprint density at radius 1 is 1.08 bits per heavy atom. The lowest BCUT2D eigenvalue weighted by Gasteiger charge is -2.13. The Hall–Kier alpha value is -2.49. The average molecular weight is 329 g/mol. The Bertz CT molecular complexity index is 738. The lowest BCUT2D eigenvalue weighted by atomic mass is 10.0. The molecule has 2 aromatic carbocycles. The maximum atomic E-state index is 13.1. The fourth-order valence-corrected chi connectivity index (χ4v) is 2.49. The van der Waals surface area contributed by atoms with Crippen molar-refractivity contribution < 1.29 is 13.6 Å². The van der Waals surface area contributed by atoms with Gasteiger partial charge in [-0.3, -0.25) is 4.79 Å². The van der Waals surface area contributed by atoms with Crippen molar-refractivity contribution in [2.24, 2.45) is 0 Å². The highest BCUT2D eigenvalue weighted by Crippen LogP contribution is 2.27. The zero-order valence-corrected chi connectivity index (χ0v) is 13.9. The van der Waals surface area contributed by atoms with E-state index in [0.717, 1.165) is 24.0 Å². The summed E-state index contributed by atoms with van der Waals surface area (Å²) in [5.41, 5.74) is 2.31. The molecule has 0 radical (unpaired) electrons. The second-order valence-corrected chi connectivity index (χ2v) is 5.56. The number of rotatable bonds is 6. The van der Waals surface area contributed by atoms with E-state index in [2.05, 4.69) is 18.3 Å². The molecule has 0 fully saturated rings. The van der Waals surface area contributed by atoms with Crippen LogP contribution in [0.4, 0.5) is 14.5 Å². The van der Waals surface area contributed by atoms with Crippen LogP contribution in [0.15, 0.2) is 54.6 Å². The first-order chi connectivity index (χ1) is 11.5. The predicted octanol–water partition coefficient (Wildman–Crippen LogP) is 6.08. The Balaban J connectivity index is 2.31. The molecule has 0 aliphatic carbocycles. The lowest BCUT2D eigenvalue weighted by Crippen LogP contribution is -2.15. The molecule has 1 amide bonds. The van der Waals surface area contributed by atoms with Gasteiger partial charge < -0.3 is 5.32 Å². The molecule has 2 nitrogen and oxygen atoms in total. The highest BCUT2D eigenvalue weighted by molar-refractivity contribution is 6.06. The number of benzene rings is 2. The molecule has 0 bridgehead atoms. The van der Waals surface area contributed by atoms with E-state index in [1.807, 2.05) is 25.1 Å². The van der Waals surface area contributed by atoms with E-state index in [0.29, 0.717) is 5.69 Å². The fraction of sp³-hybridized carbons (Fsp3) is 0.250. The number of hydrogen-bond donors (Lipinski definition) is 1. The van der Waals surface area contributed by atoms with Gasteiger partial charge in [-0.2, -0.15) is 0 Å². The van der Waals surface area contributed by atoms with E-state index < -0.39 is 12.3 Å². The van der Waals surface area contributed by atoms with Crippen LogP contribution in [0.25, 0.3) is 5.57 Å². The Morgan fingerprint density at radius 3 is 2.38 bits per heavy atom. The number of hydrogen-bond acceptors (Lipinski definition) is 1. The number of unbranched alkanes of at least 4 members (excludes halogenated alkanes) is 1. The molecule has 0 aliphatic rings. The third kappa shape index (κ3) is 4.28. The largest absolute Gasteiger partial charge is 0.321 e. The van der Waals surface area contributed by atoms with Gasteiger partial charge in [-0.1, -0.05) is 55.8 Å². The molecular formula is C20H21F2NO. The average Bonchev–Trinajstić information content (AvgIpc) is 2.60. The minimum absolute atomic E-state index is 0.00232. The minimum atomic E-state index is -2.69. The van der Waals surface area contributed by atoms with E-state index >= 15 is 0 Å². The summed E-state index contributed by atoms with van der Waals surface area (Å²) in [5, 5.41) is 2.77. The number of anilines is 1. The van der Waals surface area contributed by atoms with Crippen LogP contribution in [0.2, 0.25) is 0 Å². The molecule has 126 valence electrons. The highest BCUT2D eigenvalue weighted by atomic mass is 19.3. The summed E-state index contributed by atoms with van der Waals surface area (Å²) in [5.74, 6) is -0.526.